The zero-order valence-electron chi connectivity index (χ0n) is 9.19. The summed E-state index contributed by atoms with van der Waals surface area (Å²) in [4.78, 5) is 4.59. The van der Waals surface area contributed by atoms with Crippen LogP contribution in [0, 0.1) is 0 Å². The second-order valence-electron chi connectivity index (χ2n) is 4.10. The van der Waals surface area contributed by atoms with Crippen molar-refractivity contribution >= 4 is 21.6 Å². The monoisotopic (exact) mass is 234 g/mol. The van der Waals surface area contributed by atoms with E-state index in [1.54, 1.807) is 18.4 Å². The molecule has 0 saturated heterocycles. The molecule has 1 aromatic heterocycles. The first-order valence-electron chi connectivity index (χ1n) is 5.52. The number of fused-ring (bicyclic) bond motifs is 1. The van der Waals surface area contributed by atoms with Gasteiger partial charge in [0.15, 0.2) is 0 Å². The third-order valence-electron chi connectivity index (χ3n) is 2.76. The van der Waals surface area contributed by atoms with Crippen molar-refractivity contribution in [1.82, 2.24) is 10.3 Å². The van der Waals surface area contributed by atoms with Gasteiger partial charge in [0.2, 0.25) is 0 Å². The van der Waals surface area contributed by atoms with Gasteiger partial charge in [0.1, 0.15) is 10.8 Å². The summed E-state index contributed by atoms with van der Waals surface area (Å²) in [6.07, 6.45) is 2.64. The standard InChI is InChI=1S/C12H14N2OS/c1-15-9-4-5-10-11(6-9)16-12(14-10)7-13-8-2-3-8/h4-6,8,13H,2-3,7H2,1H3. The average Bonchev–Trinajstić information content (AvgIpc) is 3.04. The first kappa shape index (κ1) is 10.1. The van der Waals surface area contributed by atoms with Gasteiger partial charge >= 0.3 is 0 Å². The molecule has 0 bridgehead atoms. The highest BCUT2D eigenvalue weighted by molar-refractivity contribution is 7.18. The van der Waals surface area contributed by atoms with Gasteiger partial charge in [-0.1, -0.05) is 0 Å². The Kier molecular flexibility index (Phi) is 2.53. The lowest BCUT2D eigenvalue weighted by atomic mass is 10.3. The Morgan fingerprint density at radius 2 is 2.38 bits per heavy atom. The van der Waals surface area contributed by atoms with Gasteiger partial charge in [-0.15, -0.1) is 11.3 Å². The Morgan fingerprint density at radius 3 is 3.12 bits per heavy atom. The van der Waals surface area contributed by atoms with Crippen LogP contribution in [0.25, 0.3) is 10.2 Å². The van der Waals surface area contributed by atoms with Crippen LogP contribution < -0.4 is 10.1 Å². The van der Waals surface area contributed by atoms with Gasteiger partial charge in [-0.2, -0.15) is 0 Å². The van der Waals surface area contributed by atoms with E-state index in [1.807, 2.05) is 18.2 Å². The van der Waals surface area contributed by atoms with E-state index in [4.69, 9.17) is 4.74 Å². The number of benzene rings is 1. The van der Waals surface area contributed by atoms with Crippen molar-refractivity contribution in [1.29, 1.82) is 0 Å². The van der Waals surface area contributed by atoms with E-state index in [9.17, 15) is 0 Å². The van der Waals surface area contributed by atoms with Crippen LogP contribution in [0.4, 0.5) is 0 Å². The molecule has 4 heteroatoms. The molecule has 0 spiro atoms. The predicted molar refractivity (Wildman–Crippen MR) is 66.0 cm³/mol. The summed E-state index contributed by atoms with van der Waals surface area (Å²) in [5.74, 6) is 0.901. The van der Waals surface area contributed by atoms with Crippen LogP contribution in [0.1, 0.15) is 17.8 Å². The van der Waals surface area contributed by atoms with Crippen molar-refractivity contribution in [2.45, 2.75) is 25.4 Å². The highest BCUT2D eigenvalue weighted by atomic mass is 32.1. The molecule has 3 rings (SSSR count). The van der Waals surface area contributed by atoms with Gasteiger partial charge in [-0.05, 0) is 31.0 Å². The molecule has 16 heavy (non-hydrogen) atoms. The predicted octanol–water partition coefficient (Wildman–Crippen LogP) is 2.56. The number of hydrogen-bond acceptors (Lipinski definition) is 4. The van der Waals surface area contributed by atoms with Crippen LogP contribution in [-0.4, -0.2) is 18.1 Å². The molecule has 1 aromatic carbocycles. The normalized spacial score (nSPS) is 15.6. The molecule has 1 aliphatic carbocycles. The molecule has 0 aliphatic heterocycles. The van der Waals surface area contributed by atoms with Crippen LogP contribution in [-0.2, 0) is 6.54 Å². The minimum absolute atomic E-state index is 0.738. The fourth-order valence-electron chi connectivity index (χ4n) is 1.67. The van der Waals surface area contributed by atoms with Crippen LogP contribution in [0.2, 0.25) is 0 Å². The van der Waals surface area contributed by atoms with E-state index < -0.39 is 0 Å². The third kappa shape index (κ3) is 2.03. The lowest BCUT2D eigenvalue weighted by molar-refractivity contribution is 0.415. The van der Waals surface area contributed by atoms with Gasteiger partial charge in [-0.3, -0.25) is 0 Å². The molecular formula is C12H14N2OS. The molecular weight excluding hydrogens is 220 g/mol. The summed E-state index contributed by atoms with van der Waals surface area (Å²) in [5.41, 5.74) is 1.07. The number of ether oxygens (including phenoxy) is 1. The Bertz CT molecular complexity index is 505. The Labute approximate surface area is 98.5 Å². The summed E-state index contributed by atoms with van der Waals surface area (Å²) in [6.45, 7) is 0.895. The van der Waals surface area contributed by atoms with E-state index in [2.05, 4.69) is 10.3 Å². The number of methoxy groups -OCH3 is 1. The first-order valence-corrected chi connectivity index (χ1v) is 6.33. The first-order chi connectivity index (χ1) is 7.85. The van der Waals surface area contributed by atoms with E-state index >= 15 is 0 Å². The van der Waals surface area contributed by atoms with Gasteiger partial charge < -0.3 is 10.1 Å². The number of nitrogens with one attached hydrogen (secondary N) is 1. The van der Waals surface area contributed by atoms with Crippen molar-refractivity contribution in [2.24, 2.45) is 0 Å². The molecule has 1 heterocycles. The fourth-order valence-corrected chi connectivity index (χ4v) is 2.62. The molecule has 1 aliphatic rings. The summed E-state index contributed by atoms with van der Waals surface area (Å²) < 4.78 is 6.40. The van der Waals surface area contributed by atoms with Crippen LogP contribution in [0.15, 0.2) is 18.2 Å². The third-order valence-corrected chi connectivity index (χ3v) is 3.78. The van der Waals surface area contributed by atoms with Crippen molar-refractivity contribution in [3.63, 3.8) is 0 Å². The zero-order valence-corrected chi connectivity index (χ0v) is 10.0. The lowest BCUT2D eigenvalue weighted by Gasteiger charge is -1.96. The molecule has 1 saturated carbocycles. The molecule has 84 valence electrons. The number of nitrogens with zero attached hydrogens (tertiary/aromatic N) is 1. The van der Waals surface area contributed by atoms with Crippen molar-refractivity contribution in [3.05, 3.63) is 23.2 Å². The Hall–Kier alpha value is -1.13. The molecule has 0 atom stereocenters. The Balaban J connectivity index is 1.83. The molecule has 0 unspecified atom stereocenters. The minimum atomic E-state index is 0.738. The molecule has 3 nitrogen and oxygen atoms in total. The van der Waals surface area contributed by atoms with Crippen molar-refractivity contribution in [2.75, 3.05) is 7.11 Å². The van der Waals surface area contributed by atoms with E-state index in [0.717, 1.165) is 28.9 Å². The largest absolute Gasteiger partial charge is 0.497 e. The second kappa shape index (κ2) is 4.03. The fraction of sp³-hybridized carbons (Fsp3) is 0.417. The van der Waals surface area contributed by atoms with Crippen LogP contribution in [0.3, 0.4) is 0 Å². The quantitative estimate of drug-likeness (QED) is 0.882. The molecule has 0 amide bonds. The average molecular weight is 234 g/mol. The number of aromatic nitrogens is 1. The molecule has 1 fully saturated rings. The van der Waals surface area contributed by atoms with Crippen LogP contribution >= 0.6 is 11.3 Å². The van der Waals surface area contributed by atoms with E-state index in [-0.39, 0.29) is 0 Å². The highest BCUT2D eigenvalue weighted by Crippen LogP contribution is 2.27. The summed E-state index contributed by atoms with van der Waals surface area (Å²) in [7, 11) is 1.69. The Morgan fingerprint density at radius 1 is 1.50 bits per heavy atom. The number of thiazole rings is 1. The van der Waals surface area contributed by atoms with E-state index in [0.29, 0.717) is 0 Å². The van der Waals surface area contributed by atoms with Crippen molar-refractivity contribution in [3.8, 4) is 5.75 Å². The number of hydrogen-bond donors (Lipinski definition) is 1. The number of rotatable bonds is 4. The molecule has 0 radical (unpaired) electrons. The molecule has 2 aromatic rings. The van der Waals surface area contributed by atoms with E-state index in [1.165, 1.54) is 17.5 Å². The van der Waals surface area contributed by atoms with Crippen molar-refractivity contribution < 1.29 is 4.74 Å². The smallest absolute Gasteiger partial charge is 0.120 e. The second-order valence-corrected chi connectivity index (χ2v) is 5.21. The maximum Gasteiger partial charge on any atom is 0.120 e. The summed E-state index contributed by atoms with van der Waals surface area (Å²) in [5, 5.41) is 4.64. The van der Waals surface area contributed by atoms with Gasteiger partial charge in [0, 0.05) is 12.6 Å². The maximum absolute atomic E-state index is 5.20. The minimum Gasteiger partial charge on any atom is -0.497 e. The lowest BCUT2D eigenvalue weighted by Crippen LogP contribution is -2.14. The maximum atomic E-state index is 5.20. The topological polar surface area (TPSA) is 34.1 Å². The zero-order chi connectivity index (χ0) is 11.0. The SMILES string of the molecule is COc1ccc2nc(CNC3CC3)sc2c1. The summed E-state index contributed by atoms with van der Waals surface area (Å²) in [6, 6.07) is 6.76. The van der Waals surface area contributed by atoms with Gasteiger partial charge in [0.25, 0.3) is 0 Å². The van der Waals surface area contributed by atoms with Crippen LogP contribution in [0.5, 0.6) is 5.75 Å². The summed E-state index contributed by atoms with van der Waals surface area (Å²) >= 11 is 1.74. The van der Waals surface area contributed by atoms with Gasteiger partial charge in [0.05, 0.1) is 17.3 Å². The van der Waals surface area contributed by atoms with Gasteiger partial charge in [-0.25, -0.2) is 4.98 Å². The highest BCUT2D eigenvalue weighted by Gasteiger charge is 2.20. The molecule has 1 N–H and O–H groups in total.